The van der Waals surface area contributed by atoms with Crippen molar-refractivity contribution in [2.24, 2.45) is 11.3 Å². The van der Waals surface area contributed by atoms with Gasteiger partial charge in [0.25, 0.3) is 5.91 Å². The van der Waals surface area contributed by atoms with Gasteiger partial charge in [-0.15, -0.1) is 11.3 Å². The molecule has 1 fully saturated rings. The van der Waals surface area contributed by atoms with E-state index in [2.05, 4.69) is 19.3 Å². The quantitative estimate of drug-likeness (QED) is 0.510. The summed E-state index contributed by atoms with van der Waals surface area (Å²) < 4.78 is 0. The molecule has 0 radical (unpaired) electrons. The van der Waals surface area contributed by atoms with Crippen LogP contribution in [0.25, 0.3) is 0 Å². The van der Waals surface area contributed by atoms with Crippen molar-refractivity contribution in [1.29, 1.82) is 0 Å². The van der Waals surface area contributed by atoms with Crippen molar-refractivity contribution in [2.45, 2.75) is 46.6 Å². The fourth-order valence-electron chi connectivity index (χ4n) is 2.52. The predicted octanol–water partition coefficient (Wildman–Crippen LogP) is 2.20. The molecule has 0 atom stereocenters. The van der Waals surface area contributed by atoms with E-state index in [-0.39, 0.29) is 17.2 Å². The number of aryl methyl sites for hydroxylation is 1. The van der Waals surface area contributed by atoms with Crippen LogP contribution in [0.1, 0.15) is 53.2 Å². The molecule has 6 heteroatoms. The minimum absolute atomic E-state index is 0.205. The van der Waals surface area contributed by atoms with Gasteiger partial charge in [0.05, 0.1) is 4.88 Å². The van der Waals surface area contributed by atoms with Crippen molar-refractivity contribution in [2.75, 3.05) is 6.54 Å². The summed E-state index contributed by atoms with van der Waals surface area (Å²) in [6, 6.07) is 1.84. The number of amides is 2. The molecule has 2 rings (SSSR count). The zero-order valence-corrected chi connectivity index (χ0v) is 13.7. The van der Waals surface area contributed by atoms with Crippen molar-refractivity contribution in [3.8, 4) is 0 Å². The van der Waals surface area contributed by atoms with Crippen LogP contribution >= 0.6 is 11.3 Å². The summed E-state index contributed by atoms with van der Waals surface area (Å²) in [6.45, 7) is 7.75. The standard InChI is InChI=1S/C15H23N3O2S/c1-10-11(8-12(21-10)14(20)17-16)9-18-7-6-15(2,3)5-4-13(18)19/h8H,4-7,9,16H2,1-3H3,(H,17,20). The number of thiophene rings is 1. The molecule has 0 unspecified atom stereocenters. The topological polar surface area (TPSA) is 75.4 Å². The van der Waals surface area contributed by atoms with Gasteiger partial charge in [-0.05, 0) is 36.8 Å². The Morgan fingerprint density at radius 2 is 2.19 bits per heavy atom. The summed E-state index contributed by atoms with van der Waals surface area (Å²) in [5, 5.41) is 0. The summed E-state index contributed by atoms with van der Waals surface area (Å²) in [5.74, 6) is 5.09. The number of nitrogens with two attached hydrogens (primary N) is 1. The van der Waals surface area contributed by atoms with E-state index in [4.69, 9.17) is 5.84 Å². The Morgan fingerprint density at radius 3 is 2.86 bits per heavy atom. The monoisotopic (exact) mass is 309 g/mol. The zero-order valence-electron chi connectivity index (χ0n) is 12.9. The summed E-state index contributed by atoms with van der Waals surface area (Å²) >= 11 is 1.41. The molecular weight excluding hydrogens is 286 g/mol. The molecule has 5 nitrogen and oxygen atoms in total. The number of nitrogens with zero attached hydrogens (tertiary/aromatic N) is 1. The maximum absolute atomic E-state index is 12.2. The van der Waals surface area contributed by atoms with Gasteiger partial charge in [-0.3, -0.25) is 15.0 Å². The second kappa shape index (κ2) is 6.15. The molecule has 1 saturated heterocycles. The number of hydrogen-bond acceptors (Lipinski definition) is 4. The fourth-order valence-corrected chi connectivity index (χ4v) is 3.46. The van der Waals surface area contributed by atoms with Gasteiger partial charge in [-0.2, -0.15) is 0 Å². The SMILES string of the molecule is Cc1sc(C(=O)NN)cc1CN1CCC(C)(C)CCC1=O. The maximum atomic E-state index is 12.2. The number of likely N-dealkylation sites (tertiary alicyclic amines) is 1. The summed E-state index contributed by atoms with van der Waals surface area (Å²) in [6.07, 6.45) is 2.55. The predicted molar refractivity (Wildman–Crippen MR) is 83.8 cm³/mol. The van der Waals surface area contributed by atoms with Crippen LogP contribution in [0.5, 0.6) is 0 Å². The highest BCUT2D eigenvalue weighted by Gasteiger charge is 2.28. The Bertz CT molecular complexity index is 551. The van der Waals surface area contributed by atoms with Crippen molar-refractivity contribution < 1.29 is 9.59 Å². The lowest BCUT2D eigenvalue weighted by Gasteiger charge is -2.23. The molecule has 116 valence electrons. The number of nitrogens with one attached hydrogen (secondary N) is 1. The average Bonchev–Trinajstić information content (AvgIpc) is 2.75. The highest BCUT2D eigenvalue weighted by atomic mass is 32.1. The number of rotatable bonds is 3. The fraction of sp³-hybridized carbons (Fsp3) is 0.600. The first-order valence-electron chi connectivity index (χ1n) is 7.20. The first-order valence-corrected chi connectivity index (χ1v) is 8.02. The lowest BCUT2D eigenvalue weighted by molar-refractivity contribution is -0.131. The Kier molecular flexibility index (Phi) is 4.68. The van der Waals surface area contributed by atoms with Gasteiger partial charge in [0.15, 0.2) is 0 Å². The van der Waals surface area contributed by atoms with Crippen molar-refractivity contribution >= 4 is 23.2 Å². The maximum Gasteiger partial charge on any atom is 0.275 e. The second-order valence-corrected chi connectivity index (χ2v) is 7.65. The lowest BCUT2D eigenvalue weighted by Crippen LogP contribution is -2.30. The van der Waals surface area contributed by atoms with Crippen molar-refractivity contribution in [3.63, 3.8) is 0 Å². The summed E-state index contributed by atoms with van der Waals surface area (Å²) in [4.78, 5) is 27.4. The molecule has 1 aliphatic heterocycles. The van der Waals surface area contributed by atoms with Crippen LogP contribution in [0.15, 0.2) is 6.07 Å². The largest absolute Gasteiger partial charge is 0.338 e. The van der Waals surface area contributed by atoms with Crippen LogP contribution in [0.4, 0.5) is 0 Å². The van der Waals surface area contributed by atoms with Crippen LogP contribution in [-0.2, 0) is 11.3 Å². The van der Waals surface area contributed by atoms with Gasteiger partial charge in [-0.25, -0.2) is 5.84 Å². The highest BCUT2D eigenvalue weighted by Crippen LogP contribution is 2.31. The van der Waals surface area contributed by atoms with Gasteiger partial charge >= 0.3 is 0 Å². The molecule has 1 aromatic rings. The van der Waals surface area contributed by atoms with Gasteiger partial charge in [0.2, 0.25) is 5.91 Å². The van der Waals surface area contributed by atoms with Crippen LogP contribution in [0, 0.1) is 12.3 Å². The third kappa shape index (κ3) is 3.83. The van der Waals surface area contributed by atoms with E-state index in [9.17, 15) is 9.59 Å². The Hall–Kier alpha value is -1.40. The van der Waals surface area contributed by atoms with Crippen LogP contribution in [0.3, 0.4) is 0 Å². The molecule has 2 heterocycles. The molecule has 1 aliphatic rings. The van der Waals surface area contributed by atoms with E-state index < -0.39 is 0 Å². The minimum Gasteiger partial charge on any atom is -0.338 e. The van der Waals surface area contributed by atoms with E-state index in [1.165, 1.54) is 11.3 Å². The molecular formula is C15H23N3O2S. The van der Waals surface area contributed by atoms with E-state index in [1.54, 1.807) is 0 Å². The number of hydrazine groups is 1. The zero-order chi connectivity index (χ0) is 15.6. The summed E-state index contributed by atoms with van der Waals surface area (Å²) in [7, 11) is 0. The first kappa shape index (κ1) is 16.0. The van der Waals surface area contributed by atoms with Gasteiger partial charge in [-0.1, -0.05) is 13.8 Å². The lowest BCUT2D eigenvalue weighted by atomic mass is 9.85. The first-order chi connectivity index (χ1) is 9.82. The third-order valence-corrected chi connectivity index (χ3v) is 5.26. The number of nitrogen functional groups attached to an aromatic ring is 1. The highest BCUT2D eigenvalue weighted by molar-refractivity contribution is 7.14. The van der Waals surface area contributed by atoms with Crippen molar-refractivity contribution in [1.82, 2.24) is 10.3 Å². The normalized spacial score (nSPS) is 18.5. The van der Waals surface area contributed by atoms with E-state index in [1.807, 2.05) is 17.9 Å². The molecule has 0 bridgehead atoms. The van der Waals surface area contributed by atoms with Crippen molar-refractivity contribution in [3.05, 3.63) is 21.4 Å². The number of carbonyl (C=O) groups excluding carboxylic acids is 2. The van der Waals surface area contributed by atoms with Crippen LogP contribution < -0.4 is 11.3 Å². The molecule has 1 aromatic heterocycles. The Balaban J connectivity index is 2.12. The molecule has 2 amide bonds. The molecule has 0 aromatic carbocycles. The van der Waals surface area contributed by atoms with Crippen LogP contribution in [0.2, 0.25) is 0 Å². The smallest absolute Gasteiger partial charge is 0.275 e. The van der Waals surface area contributed by atoms with E-state index in [0.717, 1.165) is 29.8 Å². The minimum atomic E-state index is -0.280. The van der Waals surface area contributed by atoms with Gasteiger partial charge < -0.3 is 4.90 Å². The molecule has 3 N–H and O–H groups in total. The van der Waals surface area contributed by atoms with Gasteiger partial charge in [0.1, 0.15) is 0 Å². The molecule has 21 heavy (non-hydrogen) atoms. The average molecular weight is 309 g/mol. The molecule has 0 spiro atoms. The van der Waals surface area contributed by atoms with E-state index in [0.29, 0.717) is 17.8 Å². The molecule has 0 aliphatic carbocycles. The molecule has 0 saturated carbocycles. The number of carbonyl (C=O) groups is 2. The van der Waals surface area contributed by atoms with Crippen LogP contribution in [-0.4, -0.2) is 23.3 Å². The van der Waals surface area contributed by atoms with E-state index >= 15 is 0 Å². The Labute approximate surface area is 129 Å². The van der Waals surface area contributed by atoms with Gasteiger partial charge in [0, 0.05) is 24.4 Å². The Morgan fingerprint density at radius 1 is 1.48 bits per heavy atom. The third-order valence-electron chi connectivity index (χ3n) is 4.16. The number of hydrogen-bond donors (Lipinski definition) is 2. The summed E-state index contributed by atoms with van der Waals surface area (Å²) in [5.41, 5.74) is 3.40. The second-order valence-electron chi connectivity index (χ2n) is 6.40.